The molecule has 1 rings (SSSR count). The van der Waals surface area contributed by atoms with Crippen molar-refractivity contribution in [3.05, 3.63) is 16.1 Å². The predicted octanol–water partition coefficient (Wildman–Crippen LogP) is 1.86. The van der Waals surface area contributed by atoms with Crippen LogP contribution < -0.4 is 0 Å². The number of aromatic nitrogens is 1. The van der Waals surface area contributed by atoms with Crippen LogP contribution in [-0.2, 0) is 4.79 Å². The number of Topliss-reactive ketones (excluding diaryl/α,β-unsaturated/α-hetero) is 2. The molecular weight excluding hydrogens is 212 g/mol. The first-order valence-corrected chi connectivity index (χ1v) is 4.65. The lowest BCUT2D eigenvalue weighted by Gasteiger charge is -1.95. The third-order valence-electron chi connectivity index (χ3n) is 1.44. The molecule has 0 saturated heterocycles. The SMILES string of the molecule is Cc1csc(C(=O)CC(=O)C(F)F)n1. The lowest BCUT2D eigenvalue weighted by molar-refractivity contribution is -0.128. The normalized spacial score (nSPS) is 10.6. The van der Waals surface area contributed by atoms with Crippen LogP contribution in [0.5, 0.6) is 0 Å². The molecule has 76 valence electrons. The van der Waals surface area contributed by atoms with E-state index in [0.29, 0.717) is 5.69 Å². The lowest BCUT2D eigenvalue weighted by Crippen LogP contribution is -2.15. The van der Waals surface area contributed by atoms with Gasteiger partial charge in [0.2, 0.25) is 5.78 Å². The molecule has 1 heterocycles. The summed E-state index contributed by atoms with van der Waals surface area (Å²) in [5, 5.41) is 1.73. The molecule has 0 aromatic carbocycles. The van der Waals surface area contributed by atoms with Gasteiger partial charge in [-0.1, -0.05) is 0 Å². The Kier molecular flexibility index (Phi) is 3.40. The Morgan fingerprint density at radius 2 is 2.21 bits per heavy atom. The van der Waals surface area contributed by atoms with Crippen LogP contribution in [0, 0.1) is 6.92 Å². The number of rotatable bonds is 4. The minimum Gasteiger partial charge on any atom is -0.293 e. The molecule has 0 unspecified atom stereocenters. The standard InChI is InChI=1S/C8H7F2NO2S/c1-4-3-14-8(11-4)6(13)2-5(12)7(9)10/h3,7H,2H2,1H3. The first-order chi connectivity index (χ1) is 6.50. The van der Waals surface area contributed by atoms with Gasteiger partial charge in [-0.2, -0.15) is 0 Å². The van der Waals surface area contributed by atoms with Crippen molar-refractivity contribution in [2.75, 3.05) is 0 Å². The highest BCUT2D eigenvalue weighted by atomic mass is 32.1. The van der Waals surface area contributed by atoms with Gasteiger partial charge in [0.05, 0.1) is 6.42 Å². The molecule has 0 atom stereocenters. The van der Waals surface area contributed by atoms with Crippen LogP contribution in [0.25, 0.3) is 0 Å². The predicted molar refractivity (Wildman–Crippen MR) is 46.8 cm³/mol. The van der Waals surface area contributed by atoms with E-state index in [4.69, 9.17) is 0 Å². The number of hydrogen-bond donors (Lipinski definition) is 0. The molecule has 1 aromatic rings. The summed E-state index contributed by atoms with van der Waals surface area (Å²) < 4.78 is 23.6. The molecular formula is C8H7F2NO2S. The van der Waals surface area contributed by atoms with Crippen LogP contribution in [0.4, 0.5) is 8.78 Å². The number of carbonyl (C=O) groups excluding carboxylic acids is 2. The van der Waals surface area contributed by atoms with Crippen molar-refractivity contribution in [1.29, 1.82) is 0 Å². The average molecular weight is 219 g/mol. The van der Waals surface area contributed by atoms with Gasteiger partial charge in [-0.25, -0.2) is 13.8 Å². The number of carbonyl (C=O) groups is 2. The Balaban J connectivity index is 2.64. The quantitative estimate of drug-likeness (QED) is 0.573. The molecule has 0 N–H and O–H groups in total. The highest BCUT2D eigenvalue weighted by molar-refractivity contribution is 7.11. The topological polar surface area (TPSA) is 47.0 Å². The average Bonchev–Trinajstić information content (AvgIpc) is 2.51. The van der Waals surface area contributed by atoms with E-state index in [9.17, 15) is 18.4 Å². The van der Waals surface area contributed by atoms with Gasteiger partial charge in [0.25, 0.3) is 6.43 Å². The van der Waals surface area contributed by atoms with Crippen molar-refractivity contribution in [3.63, 3.8) is 0 Å². The van der Waals surface area contributed by atoms with Crippen molar-refractivity contribution in [2.24, 2.45) is 0 Å². The highest BCUT2D eigenvalue weighted by Crippen LogP contribution is 2.12. The fourth-order valence-corrected chi connectivity index (χ4v) is 1.53. The van der Waals surface area contributed by atoms with E-state index in [1.165, 1.54) is 0 Å². The van der Waals surface area contributed by atoms with E-state index in [0.717, 1.165) is 11.3 Å². The van der Waals surface area contributed by atoms with Gasteiger partial charge < -0.3 is 0 Å². The summed E-state index contributed by atoms with van der Waals surface area (Å²) in [4.78, 5) is 25.5. The van der Waals surface area contributed by atoms with Crippen molar-refractivity contribution < 1.29 is 18.4 Å². The first kappa shape index (κ1) is 10.9. The summed E-state index contributed by atoms with van der Waals surface area (Å²) >= 11 is 1.05. The maximum Gasteiger partial charge on any atom is 0.296 e. The van der Waals surface area contributed by atoms with Crippen molar-refractivity contribution in [3.8, 4) is 0 Å². The summed E-state index contributed by atoms with van der Waals surface area (Å²) in [5.74, 6) is -2.00. The van der Waals surface area contributed by atoms with Gasteiger partial charge >= 0.3 is 0 Å². The molecule has 0 spiro atoms. The van der Waals surface area contributed by atoms with Crippen LogP contribution in [0.15, 0.2) is 5.38 Å². The Labute approximate surface area is 82.8 Å². The van der Waals surface area contributed by atoms with Gasteiger partial charge in [-0.15, -0.1) is 11.3 Å². The van der Waals surface area contributed by atoms with Gasteiger partial charge in [-0.3, -0.25) is 9.59 Å². The van der Waals surface area contributed by atoms with E-state index in [1.54, 1.807) is 12.3 Å². The van der Waals surface area contributed by atoms with Crippen LogP contribution in [0.3, 0.4) is 0 Å². The number of alkyl halides is 2. The molecule has 0 bridgehead atoms. The minimum atomic E-state index is -3.08. The second-order valence-corrected chi connectivity index (χ2v) is 3.52. The second-order valence-electron chi connectivity index (χ2n) is 2.66. The zero-order valence-corrected chi connectivity index (χ0v) is 8.11. The summed E-state index contributed by atoms with van der Waals surface area (Å²) in [6.07, 6.45) is -3.86. The van der Waals surface area contributed by atoms with Gasteiger partial charge in [0.1, 0.15) is 0 Å². The number of halogens is 2. The zero-order chi connectivity index (χ0) is 10.7. The van der Waals surface area contributed by atoms with Crippen LogP contribution in [0.2, 0.25) is 0 Å². The molecule has 14 heavy (non-hydrogen) atoms. The third kappa shape index (κ3) is 2.66. The lowest BCUT2D eigenvalue weighted by atomic mass is 10.2. The van der Waals surface area contributed by atoms with E-state index >= 15 is 0 Å². The van der Waals surface area contributed by atoms with E-state index in [-0.39, 0.29) is 5.01 Å². The highest BCUT2D eigenvalue weighted by Gasteiger charge is 2.21. The van der Waals surface area contributed by atoms with Crippen molar-refractivity contribution >= 4 is 22.9 Å². The molecule has 6 heteroatoms. The van der Waals surface area contributed by atoms with E-state index in [2.05, 4.69) is 4.98 Å². The van der Waals surface area contributed by atoms with Gasteiger partial charge in [-0.05, 0) is 6.92 Å². The van der Waals surface area contributed by atoms with Gasteiger partial charge in [0.15, 0.2) is 10.8 Å². The molecule has 0 fully saturated rings. The van der Waals surface area contributed by atoms with Crippen LogP contribution in [-0.4, -0.2) is 23.0 Å². The van der Waals surface area contributed by atoms with E-state index < -0.39 is 24.4 Å². The molecule has 0 saturated carbocycles. The number of ketones is 2. The molecule has 0 aliphatic carbocycles. The molecule has 1 aromatic heterocycles. The largest absolute Gasteiger partial charge is 0.296 e. The molecule has 0 aliphatic heterocycles. The van der Waals surface area contributed by atoms with Crippen molar-refractivity contribution in [1.82, 2.24) is 4.98 Å². The maximum atomic E-state index is 11.8. The van der Waals surface area contributed by atoms with Crippen LogP contribution in [0.1, 0.15) is 21.9 Å². The summed E-state index contributed by atoms with van der Waals surface area (Å²) in [7, 11) is 0. The molecule has 0 aliphatic rings. The fourth-order valence-electron chi connectivity index (χ4n) is 0.793. The fraction of sp³-hybridized carbons (Fsp3) is 0.375. The summed E-state index contributed by atoms with van der Waals surface area (Å²) in [6.45, 7) is 1.68. The van der Waals surface area contributed by atoms with Crippen LogP contribution >= 0.6 is 11.3 Å². The second kappa shape index (κ2) is 4.36. The zero-order valence-electron chi connectivity index (χ0n) is 7.29. The monoisotopic (exact) mass is 219 g/mol. The first-order valence-electron chi connectivity index (χ1n) is 3.77. The Bertz CT molecular complexity index is 362. The van der Waals surface area contributed by atoms with Gasteiger partial charge in [0, 0.05) is 11.1 Å². The summed E-state index contributed by atoms with van der Waals surface area (Å²) in [5.41, 5.74) is 0.642. The Morgan fingerprint density at radius 1 is 1.57 bits per heavy atom. The number of nitrogens with zero attached hydrogens (tertiary/aromatic N) is 1. The molecule has 3 nitrogen and oxygen atoms in total. The summed E-state index contributed by atoms with van der Waals surface area (Å²) in [6, 6.07) is 0. The number of aryl methyl sites for hydroxylation is 1. The molecule has 0 amide bonds. The number of thiazole rings is 1. The maximum absolute atomic E-state index is 11.8. The molecule has 0 radical (unpaired) electrons. The third-order valence-corrected chi connectivity index (χ3v) is 2.44. The number of hydrogen-bond acceptors (Lipinski definition) is 4. The Morgan fingerprint density at radius 3 is 2.64 bits per heavy atom. The van der Waals surface area contributed by atoms with Crippen molar-refractivity contribution in [2.45, 2.75) is 19.8 Å². The minimum absolute atomic E-state index is 0.108. The van der Waals surface area contributed by atoms with E-state index in [1.807, 2.05) is 0 Å². The smallest absolute Gasteiger partial charge is 0.293 e. The Hall–Kier alpha value is -1.17.